The van der Waals surface area contributed by atoms with Crippen LogP contribution in [0.3, 0.4) is 0 Å². The number of rotatable bonds is 8. The van der Waals surface area contributed by atoms with Gasteiger partial charge in [0.25, 0.3) is 0 Å². The Balaban J connectivity index is 1.64. The molecular formula is C21H23FN4O2S. The molecule has 1 heterocycles. The fourth-order valence-corrected chi connectivity index (χ4v) is 3.77. The van der Waals surface area contributed by atoms with E-state index in [4.69, 9.17) is 4.74 Å². The van der Waals surface area contributed by atoms with Crippen LogP contribution in [0.15, 0.2) is 53.7 Å². The molecule has 152 valence electrons. The highest BCUT2D eigenvalue weighted by molar-refractivity contribution is 7.99. The normalized spacial score (nSPS) is 10.8. The van der Waals surface area contributed by atoms with Gasteiger partial charge >= 0.3 is 0 Å². The molecule has 0 fully saturated rings. The smallest absolute Gasteiger partial charge is 0.233 e. The number of ether oxygens (including phenoxy) is 1. The minimum absolute atomic E-state index is 0.0315. The van der Waals surface area contributed by atoms with Crippen molar-refractivity contribution in [3.05, 3.63) is 59.9 Å². The van der Waals surface area contributed by atoms with Crippen LogP contribution < -0.4 is 4.74 Å². The standard InChI is InChI=1S/C21H23FN4O2S/c1-4-26-20(16-7-11-18(28-3)12-8-16)23-24-21(26)29-14-19(27)25(2)13-15-5-9-17(22)10-6-15/h5-12H,4,13-14H2,1-3H3. The average Bonchev–Trinajstić information content (AvgIpc) is 3.16. The molecular weight excluding hydrogens is 391 g/mol. The molecule has 1 amide bonds. The lowest BCUT2D eigenvalue weighted by Gasteiger charge is -2.17. The van der Waals surface area contributed by atoms with Crippen molar-refractivity contribution in [2.24, 2.45) is 0 Å². The molecule has 0 spiro atoms. The maximum absolute atomic E-state index is 13.0. The second-order valence-corrected chi connectivity index (χ2v) is 7.39. The van der Waals surface area contributed by atoms with Crippen LogP contribution in [0.25, 0.3) is 11.4 Å². The summed E-state index contributed by atoms with van der Waals surface area (Å²) < 4.78 is 20.2. The second kappa shape index (κ2) is 9.56. The molecule has 0 aliphatic heterocycles. The molecule has 3 rings (SSSR count). The molecule has 0 radical (unpaired) electrons. The average molecular weight is 415 g/mol. The number of halogens is 1. The molecule has 8 heteroatoms. The molecule has 0 saturated carbocycles. The van der Waals surface area contributed by atoms with E-state index >= 15 is 0 Å². The van der Waals surface area contributed by atoms with E-state index in [0.29, 0.717) is 18.2 Å². The van der Waals surface area contributed by atoms with Gasteiger partial charge in [-0.1, -0.05) is 23.9 Å². The van der Waals surface area contributed by atoms with Crippen molar-refractivity contribution >= 4 is 17.7 Å². The Morgan fingerprint density at radius 1 is 1.14 bits per heavy atom. The van der Waals surface area contributed by atoms with Crippen LogP contribution >= 0.6 is 11.8 Å². The van der Waals surface area contributed by atoms with Crippen LogP contribution in [-0.2, 0) is 17.9 Å². The number of nitrogens with zero attached hydrogens (tertiary/aromatic N) is 4. The summed E-state index contributed by atoms with van der Waals surface area (Å²) in [6.07, 6.45) is 0. The first-order chi connectivity index (χ1) is 14.0. The van der Waals surface area contributed by atoms with Gasteiger partial charge in [0.05, 0.1) is 12.9 Å². The predicted molar refractivity (Wildman–Crippen MR) is 111 cm³/mol. The summed E-state index contributed by atoms with van der Waals surface area (Å²) in [5.41, 5.74) is 1.82. The molecule has 6 nitrogen and oxygen atoms in total. The van der Waals surface area contributed by atoms with E-state index in [0.717, 1.165) is 22.7 Å². The fourth-order valence-electron chi connectivity index (χ4n) is 2.82. The Morgan fingerprint density at radius 3 is 2.45 bits per heavy atom. The fraction of sp³-hybridized carbons (Fsp3) is 0.286. The minimum atomic E-state index is -0.287. The number of aromatic nitrogens is 3. The number of hydrogen-bond acceptors (Lipinski definition) is 5. The van der Waals surface area contributed by atoms with Gasteiger partial charge in [-0.25, -0.2) is 4.39 Å². The lowest BCUT2D eigenvalue weighted by Crippen LogP contribution is -2.27. The van der Waals surface area contributed by atoms with Crippen LogP contribution in [0.2, 0.25) is 0 Å². The summed E-state index contributed by atoms with van der Waals surface area (Å²) >= 11 is 1.36. The Labute approximate surface area is 173 Å². The molecule has 0 aliphatic carbocycles. The highest BCUT2D eigenvalue weighted by Gasteiger charge is 2.16. The van der Waals surface area contributed by atoms with E-state index in [9.17, 15) is 9.18 Å². The maximum Gasteiger partial charge on any atom is 0.233 e. The number of thioether (sulfide) groups is 1. The second-order valence-electron chi connectivity index (χ2n) is 6.44. The van der Waals surface area contributed by atoms with Gasteiger partial charge in [0.1, 0.15) is 11.6 Å². The van der Waals surface area contributed by atoms with Crippen molar-refractivity contribution in [2.45, 2.75) is 25.2 Å². The quantitative estimate of drug-likeness (QED) is 0.524. The molecule has 1 aromatic heterocycles. The van der Waals surface area contributed by atoms with Crippen molar-refractivity contribution in [3.63, 3.8) is 0 Å². The molecule has 29 heavy (non-hydrogen) atoms. The minimum Gasteiger partial charge on any atom is -0.497 e. The van der Waals surface area contributed by atoms with Crippen LogP contribution in [-0.4, -0.2) is 45.5 Å². The van der Waals surface area contributed by atoms with Crippen molar-refractivity contribution in [1.29, 1.82) is 0 Å². The largest absolute Gasteiger partial charge is 0.497 e. The van der Waals surface area contributed by atoms with Gasteiger partial charge in [0.15, 0.2) is 11.0 Å². The Hall–Kier alpha value is -2.87. The van der Waals surface area contributed by atoms with Gasteiger partial charge in [-0.2, -0.15) is 0 Å². The van der Waals surface area contributed by atoms with Crippen molar-refractivity contribution in [2.75, 3.05) is 19.9 Å². The van der Waals surface area contributed by atoms with Crippen molar-refractivity contribution < 1.29 is 13.9 Å². The zero-order valence-corrected chi connectivity index (χ0v) is 17.4. The molecule has 0 bridgehead atoms. The lowest BCUT2D eigenvalue weighted by atomic mass is 10.2. The van der Waals surface area contributed by atoms with E-state index in [1.807, 2.05) is 35.8 Å². The number of benzene rings is 2. The molecule has 3 aromatic rings. The predicted octanol–water partition coefficient (Wildman–Crippen LogP) is 3.86. The molecule has 0 unspecified atom stereocenters. The summed E-state index contributed by atoms with van der Waals surface area (Å²) in [7, 11) is 3.36. The molecule has 0 aliphatic rings. The summed E-state index contributed by atoms with van der Waals surface area (Å²) in [6.45, 7) is 3.14. The molecule has 2 aromatic carbocycles. The van der Waals surface area contributed by atoms with Crippen molar-refractivity contribution in [1.82, 2.24) is 19.7 Å². The molecule has 0 saturated heterocycles. The van der Waals surface area contributed by atoms with Gasteiger partial charge in [0, 0.05) is 25.7 Å². The van der Waals surface area contributed by atoms with Gasteiger partial charge in [-0.15, -0.1) is 10.2 Å². The van der Waals surface area contributed by atoms with Crippen LogP contribution in [0.5, 0.6) is 5.75 Å². The maximum atomic E-state index is 13.0. The van der Waals surface area contributed by atoms with Crippen molar-refractivity contribution in [3.8, 4) is 17.1 Å². The Bertz CT molecular complexity index is 958. The third kappa shape index (κ3) is 5.14. The van der Waals surface area contributed by atoms with Gasteiger partial charge < -0.3 is 14.2 Å². The van der Waals surface area contributed by atoms with Crippen LogP contribution in [0.4, 0.5) is 4.39 Å². The third-order valence-electron chi connectivity index (χ3n) is 4.46. The Kier molecular flexibility index (Phi) is 6.87. The van der Waals surface area contributed by atoms with Crippen LogP contribution in [0.1, 0.15) is 12.5 Å². The number of methoxy groups -OCH3 is 1. The van der Waals surface area contributed by atoms with E-state index in [1.165, 1.54) is 23.9 Å². The first-order valence-electron chi connectivity index (χ1n) is 9.20. The first-order valence-corrected chi connectivity index (χ1v) is 10.2. The molecule has 0 N–H and O–H groups in total. The molecule has 0 atom stereocenters. The number of hydrogen-bond donors (Lipinski definition) is 0. The van der Waals surface area contributed by atoms with Gasteiger partial charge in [0.2, 0.25) is 5.91 Å². The first kappa shape index (κ1) is 20.9. The zero-order valence-electron chi connectivity index (χ0n) is 16.6. The number of carbonyl (C=O) groups excluding carboxylic acids is 1. The number of carbonyl (C=O) groups is 1. The SMILES string of the molecule is CCn1c(SCC(=O)N(C)Cc2ccc(F)cc2)nnc1-c1ccc(OC)cc1. The number of amides is 1. The third-order valence-corrected chi connectivity index (χ3v) is 5.42. The highest BCUT2D eigenvalue weighted by Crippen LogP contribution is 2.25. The topological polar surface area (TPSA) is 60.2 Å². The summed E-state index contributed by atoms with van der Waals surface area (Å²) in [5.74, 6) is 1.46. The summed E-state index contributed by atoms with van der Waals surface area (Å²) in [4.78, 5) is 14.1. The monoisotopic (exact) mass is 414 g/mol. The summed E-state index contributed by atoms with van der Waals surface area (Å²) in [6, 6.07) is 13.8. The Morgan fingerprint density at radius 2 is 1.83 bits per heavy atom. The van der Waals surface area contributed by atoms with E-state index in [-0.39, 0.29) is 17.5 Å². The summed E-state index contributed by atoms with van der Waals surface area (Å²) in [5, 5.41) is 9.26. The zero-order chi connectivity index (χ0) is 20.8. The lowest BCUT2D eigenvalue weighted by molar-refractivity contribution is -0.127. The van der Waals surface area contributed by atoms with Gasteiger partial charge in [-0.3, -0.25) is 4.79 Å². The van der Waals surface area contributed by atoms with Gasteiger partial charge in [-0.05, 0) is 48.9 Å². The van der Waals surface area contributed by atoms with Crippen LogP contribution in [0, 0.1) is 5.82 Å². The van der Waals surface area contributed by atoms with E-state index in [2.05, 4.69) is 10.2 Å². The van der Waals surface area contributed by atoms with E-state index < -0.39 is 0 Å². The van der Waals surface area contributed by atoms with E-state index in [1.54, 1.807) is 31.2 Å². The highest BCUT2D eigenvalue weighted by atomic mass is 32.2.